The van der Waals surface area contributed by atoms with Gasteiger partial charge in [0.15, 0.2) is 0 Å². The fourth-order valence-corrected chi connectivity index (χ4v) is 3.01. The minimum absolute atomic E-state index is 0.0840. The standard InChI is InChI=1S/C19H17N3O3/c23-18(16-11-20-14-6-2-3-7-15(14)22-16)21-12-19(24)9-10-25-17-8-4-1-5-13(17)19/h1-8,11,24H,9-10,12H2,(H,21,23). The van der Waals surface area contributed by atoms with Gasteiger partial charge in [-0.15, -0.1) is 0 Å². The van der Waals surface area contributed by atoms with E-state index in [4.69, 9.17) is 4.74 Å². The molecule has 0 aliphatic carbocycles. The summed E-state index contributed by atoms with van der Waals surface area (Å²) in [4.78, 5) is 21.0. The van der Waals surface area contributed by atoms with Crippen LogP contribution in [0.1, 0.15) is 22.5 Å². The first-order valence-electron chi connectivity index (χ1n) is 8.10. The van der Waals surface area contributed by atoms with Gasteiger partial charge in [0, 0.05) is 12.0 Å². The lowest BCUT2D eigenvalue weighted by atomic mass is 9.88. The summed E-state index contributed by atoms with van der Waals surface area (Å²) in [5.74, 6) is 0.284. The monoisotopic (exact) mass is 335 g/mol. The quantitative estimate of drug-likeness (QED) is 0.765. The number of nitrogens with zero attached hydrogens (tertiary/aromatic N) is 2. The maximum absolute atomic E-state index is 12.4. The lowest BCUT2D eigenvalue weighted by Crippen LogP contribution is -2.44. The summed E-state index contributed by atoms with van der Waals surface area (Å²) in [7, 11) is 0. The van der Waals surface area contributed by atoms with Crippen molar-refractivity contribution in [1.82, 2.24) is 15.3 Å². The number of rotatable bonds is 3. The predicted molar refractivity (Wildman–Crippen MR) is 92.3 cm³/mol. The number of amides is 1. The van der Waals surface area contributed by atoms with Crippen LogP contribution in [0.15, 0.2) is 54.7 Å². The van der Waals surface area contributed by atoms with Gasteiger partial charge in [0.25, 0.3) is 5.91 Å². The number of hydrogen-bond donors (Lipinski definition) is 2. The third-order valence-electron chi connectivity index (χ3n) is 4.38. The molecular weight excluding hydrogens is 318 g/mol. The molecule has 0 spiro atoms. The van der Waals surface area contributed by atoms with Crippen molar-refractivity contribution in [3.8, 4) is 5.75 Å². The van der Waals surface area contributed by atoms with Gasteiger partial charge in [0.05, 0.1) is 30.4 Å². The number of aliphatic hydroxyl groups is 1. The first-order chi connectivity index (χ1) is 12.2. The fourth-order valence-electron chi connectivity index (χ4n) is 3.01. The molecule has 0 bridgehead atoms. The SMILES string of the molecule is O=C(NCC1(O)CCOc2ccccc21)c1cnc2ccccc2n1. The Kier molecular flexibility index (Phi) is 3.82. The number of aromatic nitrogens is 2. The molecule has 1 aromatic heterocycles. The Bertz CT molecular complexity index is 944. The van der Waals surface area contributed by atoms with Crippen molar-refractivity contribution in [2.75, 3.05) is 13.2 Å². The number of carbonyl (C=O) groups excluding carboxylic acids is 1. The summed E-state index contributed by atoms with van der Waals surface area (Å²) in [6.07, 6.45) is 1.85. The Morgan fingerprint density at radius 2 is 1.92 bits per heavy atom. The maximum atomic E-state index is 12.4. The Balaban J connectivity index is 1.53. The van der Waals surface area contributed by atoms with Crippen LogP contribution < -0.4 is 10.1 Å². The van der Waals surface area contributed by atoms with Crippen LogP contribution in [-0.4, -0.2) is 34.1 Å². The topological polar surface area (TPSA) is 84.3 Å². The number of carbonyl (C=O) groups is 1. The zero-order chi connectivity index (χ0) is 17.3. The highest BCUT2D eigenvalue weighted by atomic mass is 16.5. The van der Waals surface area contributed by atoms with Gasteiger partial charge in [-0.1, -0.05) is 30.3 Å². The molecular formula is C19H17N3O3. The van der Waals surface area contributed by atoms with Gasteiger partial charge in [-0.25, -0.2) is 4.98 Å². The zero-order valence-electron chi connectivity index (χ0n) is 13.5. The van der Waals surface area contributed by atoms with E-state index in [1.54, 1.807) is 6.07 Å². The molecule has 1 aliphatic heterocycles. The summed E-state index contributed by atoms with van der Waals surface area (Å²) in [6.45, 7) is 0.486. The van der Waals surface area contributed by atoms with Crippen molar-refractivity contribution in [2.24, 2.45) is 0 Å². The number of benzene rings is 2. The zero-order valence-corrected chi connectivity index (χ0v) is 13.5. The second-order valence-corrected chi connectivity index (χ2v) is 6.05. The van der Waals surface area contributed by atoms with Crippen LogP contribution in [0.5, 0.6) is 5.75 Å². The molecule has 2 N–H and O–H groups in total. The van der Waals surface area contributed by atoms with Crippen LogP contribution >= 0.6 is 0 Å². The fraction of sp³-hybridized carbons (Fsp3) is 0.211. The summed E-state index contributed by atoms with van der Waals surface area (Å²) in [6, 6.07) is 14.7. The van der Waals surface area contributed by atoms with Crippen LogP contribution in [-0.2, 0) is 5.60 Å². The second-order valence-electron chi connectivity index (χ2n) is 6.05. The van der Waals surface area contributed by atoms with Crippen molar-refractivity contribution < 1.29 is 14.6 Å². The van der Waals surface area contributed by atoms with Crippen LogP contribution in [0.2, 0.25) is 0 Å². The van der Waals surface area contributed by atoms with Crippen LogP contribution in [0.4, 0.5) is 0 Å². The molecule has 4 rings (SSSR count). The lowest BCUT2D eigenvalue weighted by Gasteiger charge is -2.34. The predicted octanol–water partition coefficient (Wildman–Crippen LogP) is 2.03. The van der Waals surface area contributed by atoms with Gasteiger partial charge < -0.3 is 15.2 Å². The first kappa shape index (κ1) is 15.5. The van der Waals surface area contributed by atoms with E-state index >= 15 is 0 Å². The van der Waals surface area contributed by atoms with E-state index in [0.29, 0.717) is 29.9 Å². The second kappa shape index (κ2) is 6.14. The third-order valence-corrected chi connectivity index (χ3v) is 4.38. The van der Waals surface area contributed by atoms with E-state index < -0.39 is 5.60 Å². The number of ether oxygens (including phenoxy) is 1. The van der Waals surface area contributed by atoms with Crippen LogP contribution in [0.25, 0.3) is 11.0 Å². The van der Waals surface area contributed by atoms with Gasteiger partial charge in [-0.2, -0.15) is 0 Å². The number of para-hydroxylation sites is 3. The Hall–Kier alpha value is -2.99. The van der Waals surface area contributed by atoms with E-state index in [1.807, 2.05) is 42.5 Å². The van der Waals surface area contributed by atoms with Gasteiger partial charge in [0.2, 0.25) is 0 Å². The van der Waals surface area contributed by atoms with E-state index in [9.17, 15) is 9.90 Å². The lowest BCUT2D eigenvalue weighted by molar-refractivity contribution is -0.00164. The molecule has 6 nitrogen and oxygen atoms in total. The molecule has 25 heavy (non-hydrogen) atoms. The molecule has 1 atom stereocenters. The molecule has 1 unspecified atom stereocenters. The van der Waals surface area contributed by atoms with Gasteiger partial charge in [-0.05, 0) is 18.2 Å². The van der Waals surface area contributed by atoms with E-state index in [2.05, 4.69) is 15.3 Å². The smallest absolute Gasteiger partial charge is 0.271 e. The van der Waals surface area contributed by atoms with Gasteiger partial charge in [0.1, 0.15) is 17.0 Å². The van der Waals surface area contributed by atoms with E-state index in [1.165, 1.54) is 6.20 Å². The molecule has 0 fully saturated rings. The third kappa shape index (κ3) is 2.92. The highest BCUT2D eigenvalue weighted by molar-refractivity contribution is 5.93. The number of fused-ring (bicyclic) bond motifs is 2. The minimum atomic E-state index is -1.16. The van der Waals surface area contributed by atoms with Crippen molar-refractivity contribution in [1.29, 1.82) is 0 Å². The largest absolute Gasteiger partial charge is 0.493 e. The van der Waals surface area contributed by atoms with Gasteiger partial charge in [-0.3, -0.25) is 9.78 Å². The van der Waals surface area contributed by atoms with Crippen molar-refractivity contribution in [3.63, 3.8) is 0 Å². The van der Waals surface area contributed by atoms with Gasteiger partial charge >= 0.3 is 0 Å². The molecule has 3 aromatic rings. The van der Waals surface area contributed by atoms with E-state index in [-0.39, 0.29) is 18.1 Å². The minimum Gasteiger partial charge on any atom is -0.493 e. The number of nitrogens with one attached hydrogen (secondary N) is 1. The van der Waals surface area contributed by atoms with Crippen LogP contribution in [0, 0.1) is 0 Å². The molecule has 1 aliphatic rings. The molecule has 2 aromatic carbocycles. The average molecular weight is 335 g/mol. The molecule has 0 radical (unpaired) electrons. The van der Waals surface area contributed by atoms with Crippen molar-refractivity contribution in [3.05, 3.63) is 66.0 Å². The summed E-state index contributed by atoms with van der Waals surface area (Å²) in [5.41, 5.74) is 1.14. The van der Waals surface area contributed by atoms with Crippen molar-refractivity contribution >= 4 is 16.9 Å². The van der Waals surface area contributed by atoms with E-state index in [0.717, 1.165) is 5.52 Å². The number of hydrogen-bond acceptors (Lipinski definition) is 5. The molecule has 0 saturated carbocycles. The Labute approximate surface area is 144 Å². The molecule has 1 amide bonds. The maximum Gasteiger partial charge on any atom is 0.271 e. The highest BCUT2D eigenvalue weighted by Crippen LogP contribution is 2.36. The molecule has 2 heterocycles. The Morgan fingerprint density at radius 1 is 1.16 bits per heavy atom. The van der Waals surface area contributed by atoms with Crippen LogP contribution in [0.3, 0.4) is 0 Å². The summed E-state index contributed by atoms with van der Waals surface area (Å²) in [5, 5.41) is 13.7. The Morgan fingerprint density at radius 3 is 2.80 bits per heavy atom. The molecule has 126 valence electrons. The molecule has 0 saturated heterocycles. The van der Waals surface area contributed by atoms with Crippen molar-refractivity contribution in [2.45, 2.75) is 12.0 Å². The highest BCUT2D eigenvalue weighted by Gasteiger charge is 2.35. The normalized spacial score (nSPS) is 19.1. The summed E-state index contributed by atoms with van der Waals surface area (Å²) >= 11 is 0. The first-order valence-corrected chi connectivity index (χ1v) is 8.10. The average Bonchev–Trinajstić information content (AvgIpc) is 2.66. The molecule has 6 heteroatoms. The summed E-state index contributed by atoms with van der Waals surface area (Å²) < 4.78 is 5.56.